The summed E-state index contributed by atoms with van der Waals surface area (Å²) in [7, 11) is 5.47. The van der Waals surface area contributed by atoms with Crippen LogP contribution in [0.25, 0.3) is 10.2 Å². The number of carbonyl (C=O) groups is 1. The Morgan fingerprint density at radius 2 is 1.92 bits per heavy atom. The molecule has 13 heteroatoms. The Morgan fingerprint density at radius 3 is 2.71 bits per heavy atom. The van der Waals surface area contributed by atoms with Crippen molar-refractivity contribution < 1.29 is 18.7 Å². The first-order valence-corrected chi connectivity index (χ1v) is 17.8. The number of rotatable bonds is 14. The number of halogens is 1. The van der Waals surface area contributed by atoms with Crippen LogP contribution in [0.1, 0.15) is 57.7 Å². The summed E-state index contributed by atoms with van der Waals surface area (Å²) in [6, 6.07) is 13.2. The lowest BCUT2D eigenvalue weighted by Crippen LogP contribution is -2.27. The number of nitrogens with one attached hydrogen (secondary N) is 1. The molecule has 252 valence electrons. The van der Waals surface area contributed by atoms with Crippen molar-refractivity contribution >= 4 is 60.8 Å². The van der Waals surface area contributed by atoms with E-state index in [1.807, 2.05) is 42.2 Å². The van der Waals surface area contributed by atoms with Crippen LogP contribution in [0, 0.1) is 12.7 Å². The molecule has 0 fully saturated rings. The van der Waals surface area contributed by atoms with Crippen LogP contribution in [0.4, 0.5) is 26.3 Å². The number of hydrogen-bond acceptors (Lipinski definition) is 12. The molecule has 10 nitrogen and oxygen atoms in total. The van der Waals surface area contributed by atoms with Crippen molar-refractivity contribution in [2.75, 3.05) is 51.1 Å². The highest BCUT2D eigenvalue weighted by Gasteiger charge is 2.29. The van der Waals surface area contributed by atoms with Gasteiger partial charge in [-0.25, -0.2) is 19.2 Å². The van der Waals surface area contributed by atoms with Crippen LogP contribution in [0.5, 0.6) is 5.75 Å². The van der Waals surface area contributed by atoms with Crippen LogP contribution in [0.3, 0.4) is 0 Å². The third-order valence-electron chi connectivity index (χ3n) is 8.32. The van der Waals surface area contributed by atoms with Crippen LogP contribution in [0.2, 0.25) is 0 Å². The van der Waals surface area contributed by atoms with Crippen molar-refractivity contribution in [1.29, 1.82) is 0 Å². The van der Waals surface area contributed by atoms with Gasteiger partial charge in [-0.2, -0.15) is 0 Å². The van der Waals surface area contributed by atoms with E-state index in [9.17, 15) is 9.18 Å². The van der Waals surface area contributed by atoms with Gasteiger partial charge in [-0.1, -0.05) is 29.5 Å². The molecule has 0 spiro atoms. The molecule has 1 aliphatic heterocycles. The number of benzene rings is 2. The minimum atomic E-state index is -0.490. The Kier molecular flexibility index (Phi) is 10.8. The fraction of sp³-hybridized carbons (Fsp3) is 0.400. The second-order valence-corrected chi connectivity index (χ2v) is 14.2. The highest BCUT2D eigenvalue weighted by Crippen LogP contribution is 2.39. The van der Waals surface area contributed by atoms with E-state index in [1.165, 1.54) is 18.4 Å². The van der Waals surface area contributed by atoms with E-state index in [0.717, 1.165) is 81.4 Å². The molecule has 0 radical (unpaired) electrons. The Hall–Kier alpha value is -4.20. The van der Waals surface area contributed by atoms with E-state index in [4.69, 9.17) is 14.5 Å². The number of fused-ring (bicyclic) bond motifs is 2. The first-order valence-electron chi connectivity index (χ1n) is 16.2. The maximum Gasteiger partial charge on any atom is 0.357 e. The Morgan fingerprint density at radius 1 is 1.06 bits per heavy atom. The fourth-order valence-corrected chi connectivity index (χ4v) is 7.76. The smallest absolute Gasteiger partial charge is 0.357 e. The van der Waals surface area contributed by atoms with Gasteiger partial charge in [0.15, 0.2) is 39.2 Å². The highest BCUT2D eigenvalue weighted by atomic mass is 32.1. The Labute approximate surface area is 288 Å². The van der Waals surface area contributed by atoms with Crippen LogP contribution >= 0.6 is 22.7 Å². The Balaban J connectivity index is 1.12. The lowest BCUT2D eigenvalue weighted by atomic mass is 10.0. The van der Waals surface area contributed by atoms with Gasteiger partial charge in [0.2, 0.25) is 0 Å². The van der Waals surface area contributed by atoms with E-state index < -0.39 is 5.97 Å². The summed E-state index contributed by atoms with van der Waals surface area (Å²) in [6.45, 7) is 4.07. The van der Waals surface area contributed by atoms with Gasteiger partial charge in [0.25, 0.3) is 0 Å². The van der Waals surface area contributed by atoms with Gasteiger partial charge in [0, 0.05) is 22.5 Å². The summed E-state index contributed by atoms with van der Waals surface area (Å²) in [6.07, 6.45) is 5.78. The maximum absolute atomic E-state index is 14.8. The molecule has 3 aromatic heterocycles. The average molecular weight is 690 g/mol. The number of unbranched alkanes of at least 4 members (excludes halogenated alkanes) is 1. The number of esters is 1. The number of aromatic nitrogens is 4. The van der Waals surface area contributed by atoms with Crippen molar-refractivity contribution in [2.24, 2.45) is 0 Å². The van der Waals surface area contributed by atoms with Gasteiger partial charge in [0.05, 0.1) is 23.9 Å². The molecule has 0 saturated carbocycles. The first kappa shape index (κ1) is 33.7. The molecule has 4 heterocycles. The first-order chi connectivity index (χ1) is 23.3. The van der Waals surface area contributed by atoms with Gasteiger partial charge in [-0.3, -0.25) is 0 Å². The van der Waals surface area contributed by atoms with Gasteiger partial charge in [-0.05, 0) is 102 Å². The summed E-state index contributed by atoms with van der Waals surface area (Å²) < 4.78 is 26.7. The molecule has 6 rings (SSSR count). The topological polar surface area (TPSA) is 106 Å². The number of hydrogen-bond donors (Lipinski definition) is 1. The molecule has 1 aliphatic rings. The highest BCUT2D eigenvalue weighted by molar-refractivity contribution is 7.22. The molecule has 5 aromatic rings. The molecule has 2 aromatic carbocycles. The molecule has 0 unspecified atom stereocenters. The molecular weight excluding hydrogens is 650 g/mol. The zero-order chi connectivity index (χ0) is 33.6. The summed E-state index contributed by atoms with van der Waals surface area (Å²) >= 11 is 3.02. The van der Waals surface area contributed by atoms with Gasteiger partial charge in [-0.15, -0.1) is 21.5 Å². The fourth-order valence-electron chi connectivity index (χ4n) is 5.78. The predicted molar refractivity (Wildman–Crippen MR) is 190 cm³/mol. The summed E-state index contributed by atoms with van der Waals surface area (Å²) in [5, 5.41) is 14.0. The second-order valence-electron chi connectivity index (χ2n) is 12.1. The Bertz CT molecular complexity index is 1860. The molecule has 48 heavy (non-hydrogen) atoms. The van der Waals surface area contributed by atoms with Crippen LogP contribution in [0.15, 0.2) is 42.5 Å². The second kappa shape index (κ2) is 15.3. The van der Waals surface area contributed by atoms with Crippen LogP contribution < -0.4 is 15.0 Å². The third-order valence-corrected chi connectivity index (χ3v) is 10.4. The maximum atomic E-state index is 14.8. The SMILES string of the molecule is COC(=O)c1nc(N2CCCc3c2nnc(Nc2nc4ccccc4s2)c3C)sc1CCCOc1ccc(CCCCN(C)C)cc1F. The molecule has 0 amide bonds. The number of anilines is 4. The van der Waals surface area contributed by atoms with E-state index in [2.05, 4.69) is 39.5 Å². The molecule has 0 atom stereocenters. The number of thiazole rings is 2. The normalized spacial score (nSPS) is 12.8. The summed E-state index contributed by atoms with van der Waals surface area (Å²) in [4.78, 5) is 27.1. The van der Waals surface area contributed by atoms with E-state index in [0.29, 0.717) is 36.9 Å². The molecule has 0 aliphatic carbocycles. The number of methoxy groups -OCH3 is 1. The number of para-hydroxylation sites is 1. The van der Waals surface area contributed by atoms with Crippen LogP contribution in [-0.4, -0.2) is 71.9 Å². The van der Waals surface area contributed by atoms with Crippen molar-refractivity contribution in [3.05, 3.63) is 75.5 Å². The average Bonchev–Trinajstić information content (AvgIpc) is 3.70. The number of carbonyl (C=O) groups excluding carboxylic acids is 1. The molecule has 0 bridgehead atoms. The zero-order valence-electron chi connectivity index (χ0n) is 27.7. The van der Waals surface area contributed by atoms with Crippen molar-refractivity contribution in [3.63, 3.8) is 0 Å². The molecule has 1 N–H and O–H groups in total. The lowest BCUT2D eigenvalue weighted by Gasteiger charge is -2.28. The van der Waals surface area contributed by atoms with Crippen molar-refractivity contribution in [2.45, 2.75) is 51.9 Å². The summed E-state index contributed by atoms with van der Waals surface area (Å²) in [5.41, 5.74) is 4.30. The molecular formula is C35H40FN7O3S2. The van der Waals surface area contributed by atoms with Crippen molar-refractivity contribution in [1.82, 2.24) is 25.1 Å². The van der Waals surface area contributed by atoms with E-state index >= 15 is 0 Å². The van der Waals surface area contributed by atoms with Crippen molar-refractivity contribution in [3.8, 4) is 5.75 Å². The number of ether oxygens (including phenoxy) is 2. The number of nitrogens with zero attached hydrogens (tertiary/aromatic N) is 6. The number of aryl methyl sites for hydroxylation is 2. The third kappa shape index (κ3) is 7.74. The van der Waals surface area contributed by atoms with E-state index in [1.54, 1.807) is 23.5 Å². The zero-order valence-corrected chi connectivity index (χ0v) is 29.3. The molecule has 0 saturated heterocycles. The summed E-state index contributed by atoms with van der Waals surface area (Å²) in [5.74, 6) is 0.812. The van der Waals surface area contributed by atoms with Gasteiger partial charge >= 0.3 is 5.97 Å². The lowest BCUT2D eigenvalue weighted by molar-refractivity contribution is 0.0593. The minimum Gasteiger partial charge on any atom is -0.491 e. The monoisotopic (exact) mass is 689 g/mol. The standard InChI is InChI=1S/C35H40FN7O3S2/c1-22-24-12-9-19-43(32(24)41-40-31(22)39-34-37-26-13-5-6-14-28(26)47-34)35-38-30(33(44)45-4)29(48-35)15-10-20-46-27-17-16-23(21-25(27)36)11-7-8-18-42(2)3/h5-6,13-14,16-17,21H,7-12,15,18-20H2,1-4H3,(H,37,39,40). The quantitative estimate of drug-likeness (QED) is 0.0931. The van der Waals surface area contributed by atoms with Crippen LogP contribution in [-0.2, 0) is 24.0 Å². The van der Waals surface area contributed by atoms with Gasteiger partial charge in [0.1, 0.15) is 0 Å². The largest absolute Gasteiger partial charge is 0.491 e. The predicted octanol–water partition coefficient (Wildman–Crippen LogP) is 7.50. The van der Waals surface area contributed by atoms with E-state index in [-0.39, 0.29) is 17.3 Å². The van der Waals surface area contributed by atoms with Gasteiger partial charge < -0.3 is 24.6 Å². The minimum absolute atomic E-state index is 0.237.